The molecule has 0 saturated carbocycles. The number of nitrogens with zero attached hydrogens (tertiary/aromatic N) is 1. The molecule has 23 heavy (non-hydrogen) atoms. The van der Waals surface area contributed by atoms with Gasteiger partial charge in [-0.1, -0.05) is 37.6 Å². The summed E-state index contributed by atoms with van der Waals surface area (Å²) < 4.78 is 0. The van der Waals surface area contributed by atoms with Crippen LogP contribution in [0.25, 0.3) is 0 Å². The maximum Gasteiger partial charge on any atom is 0.315 e. The summed E-state index contributed by atoms with van der Waals surface area (Å²) in [4.78, 5) is 14.7. The van der Waals surface area contributed by atoms with E-state index in [9.17, 15) is 4.79 Å². The smallest absolute Gasteiger partial charge is 0.315 e. The lowest BCUT2D eigenvalue weighted by molar-refractivity contribution is 0.177. The number of rotatable bonds is 5. The van der Waals surface area contributed by atoms with Crippen LogP contribution in [0, 0.1) is 5.92 Å². The Morgan fingerprint density at radius 3 is 2.61 bits per heavy atom. The monoisotopic (exact) mass is 337 g/mol. The van der Waals surface area contributed by atoms with Gasteiger partial charge in [0.25, 0.3) is 0 Å². The second kappa shape index (κ2) is 8.55. The van der Waals surface area contributed by atoms with Crippen molar-refractivity contribution in [3.05, 3.63) is 34.9 Å². The number of nitrogens with one attached hydrogen (secondary N) is 2. The molecule has 1 fully saturated rings. The van der Waals surface area contributed by atoms with Crippen LogP contribution in [-0.4, -0.2) is 36.6 Å². The molecule has 1 aromatic rings. The minimum atomic E-state index is -0.0974. The van der Waals surface area contributed by atoms with Crippen LogP contribution in [0.1, 0.15) is 45.2 Å². The van der Waals surface area contributed by atoms with E-state index in [0.717, 1.165) is 38.0 Å². The van der Waals surface area contributed by atoms with E-state index >= 15 is 0 Å². The van der Waals surface area contributed by atoms with Gasteiger partial charge in [0.05, 0.1) is 6.04 Å². The van der Waals surface area contributed by atoms with E-state index in [0.29, 0.717) is 10.9 Å². The normalized spacial score (nSPS) is 18.0. The van der Waals surface area contributed by atoms with Crippen molar-refractivity contribution in [1.82, 2.24) is 15.5 Å². The Balaban J connectivity index is 1.75. The molecule has 2 N–H and O–H groups in total. The highest BCUT2D eigenvalue weighted by atomic mass is 35.5. The molecule has 0 aliphatic carbocycles. The number of carbonyl (C=O) groups excluding carboxylic acids is 1. The molecule has 1 heterocycles. The van der Waals surface area contributed by atoms with Crippen molar-refractivity contribution in [3.8, 4) is 0 Å². The van der Waals surface area contributed by atoms with E-state index in [1.54, 1.807) is 0 Å². The molecule has 0 bridgehead atoms. The van der Waals surface area contributed by atoms with Crippen LogP contribution >= 0.6 is 11.6 Å². The van der Waals surface area contributed by atoms with Crippen LogP contribution in [0.4, 0.5) is 4.79 Å². The molecule has 1 aliphatic rings. The molecule has 1 aromatic carbocycles. The van der Waals surface area contributed by atoms with Gasteiger partial charge in [0.1, 0.15) is 0 Å². The van der Waals surface area contributed by atoms with Crippen LogP contribution in [0.5, 0.6) is 0 Å². The van der Waals surface area contributed by atoms with Crippen molar-refractivity contribution in [1.29, 1.82) is 0 Å². The highest BCUT2D eigenvalue weighted by Gasteiger charge is 2.21. The number of hydrogen-bond donors (Lipinski definition) is 2. The van der Waals surface area contributed by atoms with E-state index in [4.69, 9.17) is 11.6 Å². The first kappa shape index (κ1) is 18.1. The van der Waals surface area contributed by atoms with Crippen molar-refractivity contribution in [2.24, 2.45) is 5.92 Å². The topological polar surface area (TPSA) is 44.4 Å². The summed E-state index contributed by atoms with van der Waals surface area (Å²) in [5.74, 6) is 0.696. The summed E-state index contributed by atoms with van der Waals surface area (Å²) in [6, 6.07) is 7.71. The molecule has 0 radical (unpaired) electrons. The lowest BCUT2D eigenvalue weighted by atomic mass is 10.0. The van der Waals surface area contributed by atoms with E-state index < -0.39 is 0 Å². The number of benzene rings is 1. The lowest BCUT2D eigenvalue weighted by Crippen LogP contribution is -2.48. The molecule has 1 saturated heterocycles. The molecule has 5 heteroatoms. The second-order valence-electron chi connectivity index (χ2n) is 6.86. The molecule has 128 valence electrons. The Morgan fingerprint density at radius 2 is 2.00 bits per heavy atom. The first-order chi connectivity index (χ1) is 10.9. The lowest BCUT2D eigenvalue weighted by Gasteiger charge is -2.33. The number of hydrogen-bond acceptors (Lipinski definition) is 2. The zero-order chi connectivity index (χ0) is 16.8. The van der Waals surface area contributed by atoms with Gasteiger partial charge in [-0.25, -0.2) is 4.79 Å². The number of halogens is 1. The average molecular weight is 338 g/mol. The van der Waals surface area contributed by atoms with Gasteiger partial charge in [-0.05, 0) is 43.4 Å². The van der Waals surface area contributed by atoms with E-state index in [1.807, 2.05) is 31.2 Å². The maximum absolute atomic E-state index is 12.2. The Morgan fingerprint density at radius 1 is 1.30 bits per heavy atom. The van der Waals surface area contributed by atoms with Crippen molar-refractivity contribution < 1.29 is 4.79 Å². The molecule has 1 atom stereocenters. The second-order valence-corrected chi connectivity index (χ2v) is 7.30. The molecule has 0 spiro atoms. The van der Waals surface area contributed by atoms with Gasteiger partial charge in [0, 0.05) is 30.7 Å². The van der Waals surface area contributed by atoms with Crippen LogP contribution < -0.4 is 10.6 Å². The third-order valence-electron chi connectivity index (χ3n) is 4.24. The van der Waals surface area contributed by atoms with Gasteiger partial charge < -0.3 is 15.5 Å². The molecule has 2 rings (SSSR count). The Kier molecular flexibility index (Phi) is 6.72. The zero-order valence-corrected chi connectivity index (χ0v) is 15.1. The molecule has 0 aromatic heterocycles. The summed E-state index contributed by atoms with van der Waals surface area (Å²) in [5, 5.41) is 6.78. The van der Waals surface area contributed by atoms with Gasteiger partial charge in [-0.15, -0.1) is 0 Å². The summed E-state index contributed by atoms with van der Waals surface area (Å²) in [6.07, 6.45) is 2.04. The molecule has 0 unspecified atom stereocenters. The maximum atomic E-state index is 12.2. The predicted molar refractivity (Wildman–Crippen MR) is 95.8 cm³/mol. The summed E-state index contributed by atoms with van der Waals surface area (Å²) >= 11 is 6.00. The minimum absolute atomic E-state index is 0.0604. The van der Waals surface area contributed by atoms with Crippen molar-refractivity contribution in [2.45, 2.75) is 45.7 Å². The Hall–Kier alpha value is -1.26. The fourth-order valence-corrected chi connectivity index (χ4v) is 3.26. The van der Waals surface area contributed by atoms with Crippen molar-refractivity contribution in [3.63, 3.8) is 0 Å². The van der Waals surface area contributed by atoms with Crippen molar-refractivity contribution in [2.75, 3.05) is 19.6 Å². The quantitative estimate of drug-likeness (QED) is 0.857. The van der Waals surface area contributed by atoms with Gasteiger partial charge in [-0.3, -0.25) is 0 Å². The standard InChI is InChI=1S/C18H28ClN3O/c1-13(2)12-22-9-7-17(8-10-22)21-18(23)20-14(3)15-5-4-6-16(19)11-15/h4-6,11,13-14,17H,7-10,12H2,1-3H3,(H2,20,21,23)/t14-/m0/s1. The molecule has 2 amide bonds. The molecular formula is C18H28ClN3O. The number of likely N-dealkylation sites (tertiary alicyclic amines) is 1. The third kappa shape index (κ3) is 6.04. The molecule has 1 aliphatic heterocycles. The first-order valence-electron chi connectivity index (χ1n) is 8.49. The van der Waals surface area contributed by atoms with E-state index in [2.05, 4.69) is 29.4 Å². The average Bonchev–Trinajstić information content (AvgIpc) is 2.48. The number of amides is 2. The Bertz CT molecular complexity index is 513. The first-order valence-corrected chi connectivity index (χ1v) is 8.86. The van der Waals surface area contributed by atoms with Crippen molar-refractivity contribution >= 4 is 17.6 Å². The summed E-state index contributed by atoms with van der Waals surface area (Å²) in [7, 11) is 0. The predicted octanol–water partition coefficient (Wildman–Crippen LogP) is 3.82. The van der Waals surface area contributed by atoms with Gasteiger partial charge in [-0.2, -0.15) is 0 Å². The van der Waals surface area contributed by atoms with Crippen LogP contribution in [0.2, 0.25) is 5.02 Å². The summed E-state index contributed by atoms with van der Waals surface area (Å²) in [5.41, 5.74) is 1.01. The number of carbonyl (C=O) groups is 1. The highest BCUT2D eigenvalue weighted by Crippen LogP contribution is 2.17. The summed E-state index contributed by atoms with van der Waals surface area (Å²) in [6.45, 7) is 9.73. The van der Waals surface area contributed by atoms with E-state index in [1.165, 1.54) is 0 Å². The van der Waals surface area contributed by atoms with Crippen LogP contribution in [-0.2, 0) is 0 Å². The fraction of sp³-hybridized carbons (Fsp3) is 0.611. The third-order valence-corrected chi connectivity index (χ3v) is 4.48. The van der Waals surface area contributed by atoms with Gasteiger partial charge in [0.2, 0.25) is 0 Å². The zero-order valence-electron chi connectivity index (χ0n) is 14.3. The van der Waals surface area contributed by atoms with Gasteiger partial charge >= 0.3 is 6.03 Å². The Labute approximate surface area is 144 Å². The molecule has 4 nitrogen and oxygen atoms in total. The van der Waals surface area contributed by atoms with Crippen LogP contribution in [0.3, 0.4) is 0 Å². The SMILES string of the molecule is CC(C)CN1CCC(NC(=O)N[C@@H](C)c2cccc(Cl)c2)CC1. The van der Waals surface area contributed by atoms with Gasteiger partial charge in [0.15, 0.2) is 0 Å². The number of urea groups is 1. The highest BCUT2D eigenvalue weighted by molar-refractivity contribution is 6.30. The van der Waals surface area contributed by atoms with E-state index in [-0.39, 0.29) is 18.1 Å². The fourth-order valence-electron chi connectivity index (χ4n) is 3.06. The van der Waals surface area contributed by atoms with Crippen LogP contribution in [0.15, 0.2) is 24.3 Å². The minimum Gasteiger partial charge on any atom is -0.335 e. The number of piperidine rings is 1. The largest absolute Gasteiger partial charge is 0.335 e. The molecular weight excluding hydrogens is 310 g/mol.